The summed E-state index contributed by atoms with van der Waals surface area (Å²) < 4.78 is 24.8. The van der Waals surface area contributed by atoms with Gasteiger partial charge in [0, 0.05) is 38.0 Å². The number of fused-ring (bicyclic) bond motifs is 3. The highest BCUT2D eigenvalue weighted by atomic mass is 14.9. The molecule has 0 unspecified atom stereocenters. The van der Waals surface area contributed by atoms with E-state index in [0.717, 1.165) is 22.6 Å². The molecule has 25 heavy (non-hydrogen) atoms. The van der Waals surface area contributed by atoms with E-state index in [1.807, 2.05) is 24.6 Å². The van der Waals surface area contributed by atoms with Crippen LogP contribution in [-0.2, 0) is 12.5 Å². The third-order valence-electron chi connectivity index (χ3n) is 5.36. The van der Waals surface area contributed by atoms with Crippen LogP contribution in [-0.4, -0.2) is 4.98 Å². The van der Waals surface area contributed by atoms with E-state index in [9.17, 15) is 0 Å². The van der Waals surface area contributed by atoms with Gasteiger partial charge in [-0.1, -0.05) is 26.0 Å². The third-order valence-corrected chi connectivity index (χ3v) is 5.36. The molecule has 0 amide bonds. The molecule has 0 bridgehead atoms. The molecule has 2 aromatic heterocycles. The van der Waals surface area contributed by atoms with E-state index in [2.05, 4.69) is 45.0 Å². The zero-order valence-corrected chi connectivity index (χ0v) is 15.4. The van der Waals surface area contributed by atoms with Crippen molar-refractivity contribution in [1.29, 1.82) is 0 Å². The summed E-state index contributed by atoms with van der Waals surface area (Å²) in [6, 6.07) is 12.4. The third kappa shape index (κ3) is 2.31. The molecule has 2 nitrogen and oxygen atoms in total. The Kier molecular flexibility index (Phi) is 2.70. The molecule has 4 rings (SSSR count). The van der Waals surface area contributed by atoms with Crippen LogP contribution in [0.25, 0.3) is 22.4 Å². The van der Waals surface area contributed by atoms with Crippen molar-refractivity contribution >= 4 is 0 Å². The first-order valence-corrected chi connectivity index (χ1v) is 8.64. The van der Waals surface area contributed by atoms with Gasteiger partial charge in [0.2, 0.25) is 5.69 Å². The zero-order valence-electron chi connectivity index (χ0n) is 18.4. The molecule has 3 aromatic rings. The molecule has 0 saturated heterocycles. The second-order valence-electron chi connectivity index (χ2n) is 7.60. The summed E-state index contributed by atoms with van der Waals surface area (Å²) in [4.78, 5) is 4.84. The summed E-state index contributed by atoms with van der Waals surface area (Å²) in [5.74, 6) is 0. The maximum atomic E-state index is 7.64. The van der Waals surface area contributed by atoms with Crippen LogP contribution in [0, 0.1) is 20.7 Å². The molecule has 2 heterocycles. The molecule has 0 fully saturated rings. The molecule has 1 aliphatic carbocycles. The number of hydrogen-bond donors (Lipinski definition) is 0. The van der Waals surface area contributed by atoms with Crippen LogP contribution in [0.1, 0.15) is 46.0 Å². The second kappa shape index (κ2) is 5.26. The second-order valence-corrected chi connectivity index (χ2v) is 7.60. The summed E-state index contributed by atoms with van der Waals surface area (Å²) >= 11 is 0. The van der Waals surface area contributed by atoms with Gasteiger partial charge in [-0.25, -0.2) is 4.57 Å². The van der Waals surface area contributed by atoms with Crippen LogP contribution >= 0.6 is 0 Å². The quantitative estimate of drug-likeness (QED) is 0.585. The highest BCUT2D eigenvalue weighted by Crippen LogP contribution is 2.49. The minimum atomic E-state index is -2.10. The van der Waals surface area contributed by atoms with Gasteiger partial charge in [0.05, 0.1) is 5.69 Å². The number of benzene rings is 1. The fraction of sp³-hybridized carbons (Fsp3) is 0.304. The number of rotatable bonds is 1. The number of pyridine rings is 2. The first kappa shape index (κ1) is 12.8. The van der Waals surface area contributed by atoms with Crippen molar-refractivity contribution in [3.8, 4) is 22.4 Å². The molecule has 1 aliphatic rings. The maximum absolute atomic E-state index is 7.64. The highest BCUT2D eigenvalue weighted by Gasteiger charge is 2.38. The molecule has 126 valence electrons. The van der Waals surface area contributed by atoms with Gasteiger partial charge in [0.25, 0.3) is 0 Å². The minimum absolute atomic E-state index is 0.170. The molecule has 2 heteroatoms. The normalized spacial score (nSPS) is 16.6. The van der Waals surface area contributed by atoms with E-state index in [1.165, 1.54) is 22.3 Å². The van der Waals surface area contributed by atoms with Crippen LogP contribution in [0.4, 0.5) is 0 Å². The van der Waals surface area contributed by atoms with E-state index < -0.39 is 6.85 Å². The largest absolute Gasteiger partial charge is 0.257 e. The predicted molar refractivity (Wildman–Crippen MR) is 103 cm³/mol. The van der Waals surface area contributed by atoms with Crippen LogP contribution in [0.5, 0.6) is 0 Å². The van der Waals surface area contributed by atoms with Gasteiger partial charge >= 0.3 is 0 Å². The molecule has 0 spiro atoms. The monoisotopic (exact) mass is 332 g/mol. The van der Waals surface area contributed by atoms with Crippen molar-refractivity contribution in [2.24, 2.45) is 7.05 Å². The Hall–Kier alpha value is -2.48. The van der Waals surface area contributed by atoms with Crippen LogP contribution in [0.2, 0.25) is 0 Å². The first-order chi connectivity index (χ1) is 13.0. The molecule has 0 radical (unpaired) electrons. The fourth-order valence-corrected chi connectivity index (χ4v) is 3.99. The summed E-state index contributed by atoms with van der Waals surface area (Å²) in [6.07, 6.45) is 1.71. The Bertz CT molecular complexity index is 1110. The van der Waals surface area contributed by atoms with Crippen molar-refractivity contribution in [3.05, 3.63) is 70.7 Å². The molecule has 0 atom stereocenters. The van der Waals surface area contributed by atoms with Gasteiger partial charge in [-0.3, -0.25) is 4.98 Å². The van der Waals surface area contributed by atoms with Crippen LogP contribution < -0.4 is 4.57 Å². The molecule has 0 aliphatic heterocycles. The Morgan fingerprint density at radius 3 is 2.52 bits per heavy atom. The Labute approximate surface area is 154 Å². The van der Waals surface area contributed by atoms with Gasteiger partial charge in [0.15, 0.2) is 6.20 Å². The summed E-state index contributed by atoms with van der Waals surface area (Å²) in [5, 5.41) is 0. The summed E-state index contributed by atoms with van der Waals surface area (Å²) in [6.45, 7) is 6.49. The fourth-order valence-electron chi connectivity index (χ4n) is 3.99. The lowest BCUT2D eigenvalue weighted by molar-refractivity contribution is -0.660. The topological polar surface area (TPSA) is 16.8 Å². The van der Waals surface area contributed by atoms with E-state index in [0.29, 0.717) is 5.56 Å². The molecule has 0 saturated carbocycles. The van der Waals surface area contributed by atoms with E-state index in [1.54, 1.807) is 12.3 Å². The van der Waals surface area contributed by atoms with Gasteiger partial charge in [-0.05, 0) is 55.6 Å². The summed E-state index contributed by atoms with van der Waals surface area (Å²) in [5.41, 5.74) is 9.35. The smallest absolute Gasteiger partial charge is 0.212 e. The lowest BCUT2D eigenvalue weighted by Crippen LogP contribution is -2.31. The SMILES string of the molecule is [2H]C([2H])([2H])c1ccc(-c2cc3c(cc2C)-c2ccc(C)nc2C3(C)C)[n+](C)c1. The number of hydrogen-bond acceptors (Lipinski definition) is 1. The average molecular weight is 332 g/mol. The van der Waals surface area contributed by atoms with E-state index in [-0.39, 0.29) is 5.41 Å². The van der Waals surface area contributed by atoms with Crippen molar-refractivity contribution in [1.82, 2.24) is 4.98 Å². The standard InChI is InChI=1S/C23H25N2/c1-14-7-10-21(25(6)13-14)18-12-20-19(11-15(18)2)17-9-8-16(3)24-22(17)23(20,4)5/h7-13H,1-6H3/q+1/i1D3. The Morgan fingerprint density at radius 2 is 1.80 bits per heavy atom. The first-order valence-electron chi connectivity index (χ1n) is 10.1. The van der Waals surface area contributed by atoms with Gasteiger partial charge in [-0.2, -0.15) is 0 Å². The highest BCUT2D eigenvalue weighted by molar-refractivity contribution is 5.83. The molecular weight excluding hydrogens is 304 g/mol. The Morgan fingerprint density at radius 1 is 1.00 bits per heavy atom. The minimum Gasteiger partial charge on any atom is -0.257 e. The lowest BCUT2D eigenvalue weighted by Gasteiger charge is -2.21. The average Bonchev–Trinajstić information content (AvgIpc) is 2.80. The predicted octanol–water partition coefficient (Wildman–Crippen LogP) is 4.80. The number of aryl methyl sites for hydroxylation is 4. The van der Waals surface area contributed by atoms with Gasteiger partial charge < -0.3 is 0 Å². The van der Waals surface area contributed by atoms with Crippen molar-refractivity contribution in [3.63, 3.8) is 0 Å². The number of aromatic nitrogens is 2. The number of nitrogens with zero attached hydrogens (tertiary/aromatic N) is 2. The molecule has 0 N–H and O–H groups in total. The van der Waals surface area contributed by atoms with Crippen LogP contribution in [0.15, 0.2) is 42.6 Å². The molecule has 1 aromatic carbocycles. The van der Waals surface area contributed by atoms with Gasteiger partial charge in [-0.15, -0.1) is 0 Å². The van der Waals surface area contributed by atoms with Gasteiger partial charge in [0.1, 0.15) is 7.05 Å². The summed E-state index contributed by atoms with van der Waals surface area (Å²) in [7, 11) is 1.90. The Balaban J connectivity index is 1.90. The molecular formula is C23H25N2+. The van der Waals surface area contributed by atoms with Crippen molar-refractivity contribution < 1.29 is 8.68 Å². The van der Waals surface area contributed by atoms with E-state index in [4.69, 9.17) is 9.10 Å². The zero-order chi connectivity index (χ0) is 20.4. The lowest BCUT2D eigenvalue weighted by atomic mass is 9.83. The van der Waals surface area contributed by atoms with Crippen molar-refractivity contribution in [2.75, 3.05) is 0 Å². The van der Waals surface area contributed by atoms with E-state index >= 15 is 0 Å². The van der Waals surface area contributed by atoms with Crippen molar-refractivity contribution in [2.45, 2.75) is 40.0 Å². The van der Waals surface area contributed by atoms with Crippen LogP contribution in [0.3, 0.4) is 0 Å². The maximum Gasteiger partial charge on any atom is 0.212 e.